The van der Waals surface area contributed by atoms with Gasteiger partial charge >= 0.3 is 0 Å². The molecule has 39 heavy (non-hydrogen) atoms. The molecule has 4 aromatic carbocycles. The van der Waals surface area contributed by atoms with E-state index in [9.17, 15) is 9.90 Å². The molecule has 5 rings (SSSR count). The number of benzene rings is 4. The molecule has 0 aliphatic heterocycles. The van der Waals surface area contributed by atoms with E-state index in [0.717, 1.165) is 22.1 Å². The Morgan fingerprint density at radius 3 is 2.67 bits per heavy atom. The van der Waals surface area contributed by atoms with Crippen molar-refractivity contribution in [3.05, 3.63) is 107 Å². The van der Waals surface area contributed by atoms with E-state index < -0.39 is 5.25 Å². The third-order valence-electron chi connectivity index (χ3n) is 5.96. The summed E-state index contributed by atoms with van der Waals surface area (Å²) in [5.74, 6) is 0.398. The first kappa shape index (κ1) is 26.3. The van der Waals surface area contributed by atoms with Gasteiger partial charge in [0.25, 0.3) is 5.91 Å². The molecule has 0 aliphatic carbocycles. The molecule has 0 aliphatic rings. The molecule has 5 aromatic rings. The monoisotopic (exact) mass is 556 g/mol. The Labute approximate surface area is 234 Å². The number of amides is 1. The van der Waals surface area contributed by atoms with E-state index >= 15 is 0 Å². The molecule has 0 radical (unpaired) electrons. The Morgan fingerprint density at radius 2 is 1.82 bits per heavy atom. The molecule has 10 heteroatoms. The molecule has 0 saturated carbocycles. The van der Waals surface area contributed by atoms with Crippen molar-refractivity contribution in [2.24, 2.45) is 5.10 Å². The van der Waals surface area contributed by atoms with E-state index in [0.29, 0.717) is 28.1 Å². The number of phenols is 1. The van der Waals surface area contributed by atoms with Crippen molar-refractivity contribution in [1.82, 2.24) is 20.2 Å². The molecule has 1 unspecified atom stereocenters. The Bertz CT molecular complexity index is 1630. The highest BCUT2D eigenvalue weighted by Gasteiger charge is 2.21. The minimum atomic E-state index is -0.527. The standard InChI is InChI=1S/C29H25ClN6O2S/c1-19(28(38)34-32-17-21-16-22(30)14-15-26(21)37)39-29-35-33-27(36(29)23-10-3-2-4-11-23)18-31-25-13-7-9-20-8-5-6-12-24(20)25/h2-17,19,31,37H,18H2,1H3,(H,34,38)/b32-17-. The van der Waals surface area contributed by atoms with E-state index in [4.69, 9.17) is 11.6 Å². The van der Waals surface area contributed by atoms with Gasteiger partial charge in [-0.2, -0.15) is 5.10 Å². The number of anilines is 1. The van der Waals surface area contributed by atoms with Crippen LogP contribution in [-0.4, -0.2) is 37.2 Å². The summed E-state index contributed by atoms with van der Waals surface area (Å²) in [6.07, 6.45) is 1.35. The molecule has 3 N–H and O–H groups in total. The highest BCUT2D eigenvalue weighted by Crippen LogP contribution is 2.28. The zero-order valence-corrected chi connectivity index (χ0v) is 22.5. The summed E-state index contributed by atoms with van der Waals surface area (Å²) in [7, 11) is 0. The van der Waals surface area contributed by atoms with Gasteiger partial charge in [-0.25, -0.2) is 5.43 Å². The Kier molecular flexibility index (Phi) is 8.10. The van der Waals surface area contributed by atoms with Gasteiger partial charge in [-0.1, -0.05) is 78.0 Å². The second kappa shape index (κ2) is 12.0. The molecule has 0 saturated heterocycles. The number of hydrogen-bond donors (Lipinski definition) is 3. The summed E-state index contributed by atoms with van der Waals surface area (Å²) in [6, 6.07) is 28.7. The quantitative estimate of drug-likeness (QED) is 0.116. The Morgan fingerprint density at radius 1 is 1.05 bits per heavy atom. The van der Waals surface area contributed by atoms with Gasteiger partial charge in [-0.15, -0.1) is 10.2 Å². The lowest BCUT2D eigenvalue weighted by Gasteiger charge is -2.14. The number of nitrogens with one attached hydrogen (secondary N) is 2. The second-order valence-corrected chi connectivity index (χ2v) is 10.4. The number of fused-ring (bicyclic) bond motifs is 1. The number of nitrogens with zero attached hydrogens (tertiary/aromatic N) is 4. The van der Waals surface area contributed by atoms with Gasteiger partial charge in [0.15, 0.2) is 11.0 Å². The molecule has 0 spiro atoms. The maximum absolute atomic E-state index is 12.8. The summed E-state index contributed by atoms with van der Waals surface area (Å²) >= 11 is 7.24. The zero-order valence-electron chi connectivity index (χ0n) is 21.0. The average Bonchev–Trinajstić information content (AvgIpc) is 3.36. The molecule has 1 amide bonds. The van der Waals surface area contributed by atoms with Crippen LogP contribution in [0.1, 0.15) is 18.3 Å². The third kappa shape index (κ3) is 6.22. The van der Waals surface area contributed by atoms with Crippen LogP contribution < -0.4 is 10.7 Å². The molecule has 1 aromatic heterocycles. The molecule has 196 valence electrons. The van der Waals surface area contributed by atoms with Crippen LogP contribution in [0.3, 0.4) is 0 Å². The lowest BCUT2D eigenvalue weighted by atomic mass is 10.1. The predicted molar refractivity (Wildman–Crippen MR) is 157 cm³/mol. The Balaban J connectivity index is 1.33. The summed E-state index contributed by atoms with van der Waals surface area (Å²) in [5.41, 5.74) is 4.80. The number of thioether (sulfide) groups is 1. The molecule has 1 heterocycles. The predicted octanol–water partition coefficient (Wildman–Crippen LogP) is 6.02. The number of hydrazone groups is 1. The number of phenolic OH excluding ortho intramolecular Hbond substituents is 1. The van der Waals surface area contributed by atoms with Crippen LogP contribution in [0.25, 0.3) is 16.5 Å². The van der Waals surface area contributed by atoms with Crippen LogP contribution in [0, 0.1) is 0 Å². The summed E-state index contributed by atoms with van der Waals surface area (Å²) in [4.78, 5) is 12.8. The maximum atomic E-state index is 12.8. The summed E-state index contributed by atoms with van der Waals surface area (Å²) in [5, 5.41) is 29.0. The first-order chi connectivity index (χ1) is 19.0. The molecule has 0 fully saturated rings. The fraction of sp³-hybridized carbons (Fsp3) is 0.103. The minimum Gasteiger partial charge on any atom is -0.507 e. The van der Waals surface area contributed by atoms with Gasteiger partial charge in [0, 0.05) is 27.3 Å². The van der Waals surface area contributed by atoms with Crippen molar-refractivity contribution >= 4 is 51.9 Å². The van der Waals surface area contributed by atoms with Crippen molar-refractivity contribution in [3.63, 3.8) is 0 Å². The van der Waals surface area contributed by atoms with Crippen molar-refractivity contribution in [3.8, 4) is 11.4 Å². The first-order valence-corrected chi connectivity index (χ1v) is 13.4. The molecular formula is C29H25ClN6O2S. The minimum absolute atomic E-state index is 0.0143. The van der Waals surface area contributed by atoms with Gasteiger partial charge in [0.2, 0.25) is 0 Å². The van der Waals surface area contributed by atoms with Gasteiger partial charge in [0.05, 0.1) is 18.0 Å². The highest BCUT2D eigenvalue weighted by atomic mass is 35.5. The smallest absolute Gasteiger partial charge is 0.253 e. The number of aromatic nitrogens is 3. The van der Waals surface area contributed by atoms with Crippen LogP contribution in [0.5, 0.6) is 5.75 Å². The number of para-hydroxylation sites is 1. The number of halogens is 1. The van der Waals surface area contributed by atoms with E-state index in [-0.39, 0.29) is 11.7 Å². The maximum Gasteiger partial charge on any atom is 0.253 e. The Hall–Kier alpha value is -4.34. The second-order valence-electron chi connectivity index (χ2n) is 8.65. The third-order valence-corrected chi connectivity index (χ3v) is 7.24. The van der Waals surface area contributed by atoms with Crippen LogP contribution in [-0.2, 0) is 11.3 Å². The summed E-state index contributed by atoms with van der Waals surface area (Å²) < 4.78 is 1.94. The van der Waals surface area contributed by atoms with Crippen LogP contribution >= 0.6 is 23.4 Å². The van der Waals surface area contributed by atoms with Crippen molar-refractivity contribution < 1.29 is 9.90 Å². The molecule has 8 nitrogen and oxygen atoms in total. The first-order valence-electron chi connectivity index (χ1n) is 12.2. The van der Waals surface area contributed by atoms with E-state index in [1.165, 1.54) is 24.0 Å². The number of carbonyl (C=O) groups excluding carboxylic acids is 1. The van der Waals surface area contributed by atoms with Gasteiger partial charge in [-0.05, 0) is 48.7 Å². The summed E-state index contributed by atoms with van der Waals surface area (Å²) in [6.45, 7) is 2.20. The van der Waals surface area contributed by atoms with Gasteiger partial charge in [-0.3, -0.25) is 9.36 Å². The SMILES string of the molecule is CC(Sc1nnc(CNc2cccc3ccccc23)n1-c1ccccc1)C(=O)N/N=C\c1cc(Cl)ccc1O. The van der Waals surface area contributed by atoms with Gasteiger partial charge < -0.3 is 10.4 Å². The van der Waals surface area contributed by atoms with Gasteiger partial charge in [0.1, 0.15) is 5.75 Å². The number of hydrogen-bond acceptors (Lipinski definition) is 7. The average molecular weight is 557 g/mol. The van der Waals surface area contributed by atoms with Crippen molar-refractivity contribution in [2.45, 2.75) is 23.9 Å². The van der Waals surface area contributed by atoms with E-state index in [1.54, 1.807) is 19.1 Å². The zero-order chi connectivity index (χ0) is 27.2. The largest absolute Gasteiger partial charge is 0.507 e. The number of rotatable bonds is 9. The normalized spacial score (nSPS) is 12.1. The number of carbonyl (C=O) groups is 1. The lowest BCUT2D eigenvalue weighted by Crippen LogP contribution is -2.27. The molecule has 1 atom stereocenters. The highest BCUT2D eigenvalue weighted by molar-refractivity contribution is 8.00. The van der Waals surface area contributed by atoms with Crippen LogP contribution in [0.2, 0.25) is 5.02 Å². The topological polar surface area (TPSA) is 104 Å². The van der Waals surface area contributed by atoms with Crippen LogP contribution in [0.15, 0.2) is 101 Å². The number of aromatic hydroxyl groups is 1. The van der Waals surface area contributed by atoms with Crippen molar-refractivity contribution in [2.75, 3.05) is 5.32 Å². The molecular weight excluding hydrogens is 532 g/mol. The van der Waals surface area contributed by atoms with E-state index in [2.05, 4.69) is 44.2 Å². The van der Waals surface area contributed by atoms with Crippen LogP contribution in [0.4, 0.5) is 5.69 Å². The van der Waals surface area contributed by atoms with Crippen molar-refractivity contribution in [1.29, 1.82) is 0 Å². The lowest BCUT2D eigenvalue weighted by molar-refractivity contribution is -0.120. The molecule has 0 bridgehead atoms. The fourth-order valence-corrected chi connectivity index (χ4v) is 5.04. The fourth-order valence-electron chi connectivity index (χ4n) is 3.98. The van der Waals surface area contributed by atoms with E-state index in [1.807, 2.05) is 59.2 Å².